The van der Waals surface area contributed by atoms with E-state index in [-0.39, 0.29) is 31.3 Å². The van der Waals surface area contributed by atoms with Gasteiger partial charge in [-0.25, -0.2) is 0 Å². The van der Waals surface area contributed by atoms with E-state index in [1.807, 2.05) is 18.2 Å². The standard InChI is InChI=1S/C18H26N2O5/c1-3-20(4-2)16-17(21)15(14-9-22-18(16)25-14)19-8-11-5-6-12-13(7-11)24-10-23-12/h5-7,14-19,21H,3-4,8-10H2,1-2H3/t14-,15+,16-,17-,18+/m0/s1. The van der Waals surface area contributed by atoms with Crippen LogP contribution in [-0.4, -0.2) is 67.1 Å². The summed E-state index contributed by atoms with van der Waals surface area (Å²) in [6.45, 7) is 7.28. The number of nitrogens with zero attached hydrogens (tertiary/aromatic N) is 1. The number of nitrogens with one attached hydrogen (secondary N) is 1. The highest BCUT2D eigenvalue weighted by molar-refractivity contribution is 5.44. The van der Waals surface area contributed by atoms with Gasteiger partial charge in [-0.1, -0.05) is 19.9 Å². The van der Waals surface area contributed by atoms with E-state index in [2.05, 4.69) is 24.1 Å². The Bertz CT molecular complexity index is 607. The summed E-state index contributed by atoms with van der Waals surface area (Å²) in [5.41, 5.74) is 1.08. The molecule has 0 aromatic heterocycles. The zero-order chi connectivity index (χ0) is 17.4. The van der Waals surface area contributed by atoms with E-state index in [9.17, 15) is 5.11 Å². The van der Waals surface area contributed by atoms with Gasteiger partial charge in [0.2, 0.25) is 6.79 Å². The minimum absolute atomic E-state index is 0.124. The summed E-state index contributed by atoms with van der Waals surface area (Å²) in [5.74, 6) is 1.54. The van der Waals surface area contributed by atoms with Crippen LogP contribution in [0.4, 0.5) is 0 Å². The molecule has 3 aliphatic heterocycles. The quantitative estimate of drug-likeness (QED) is 0.782. The van der Waals surface area contributed by atoms with Crippen LogP contribution >= 0.6 is 0 Å². The van der Waals surface area contributed by atoms with Crippen molar-refractivity contribution in [1.29, 1.82) is 0 Å². The maximum Gasteiger partial charge on any atom is 0.231 e. The lowest BCUT2D eigenvalue weighted by Crippen LogP contribution is -2.64. The molecular formula is C18H26N2O5. The fourth-order valence-electron chi connectivity index (χ4n) is 3.97. The van der Waals surface area contributed by atoms with Gasteiger partial charge in [0.15, 0.2) is 17.8 Å². The predicted molar refractivity (Wildman–Crippen MR) is 90.5 cm³/mol. The van der Waals surface area contributed by atoms with Gasteiger partial charge in [-0.3, -0.25) is 4.90 Å². The van der Waals surface area contributed by atoms with Crippen LogP contribution in [0.15, 0.2) is 18.2 Å². The fourth-order valence-corrected chi connectivity index (χ4v) is 3.97. The van der Waals surface area contributed by atoms with Crippen LogP contribution in [0.1, 0.15) is 19.4 Å². The third kappa shape index (κ3) is 3.11. The van der Waals surface area contributed by atoms with E-state index in [1.54, 1.807) is 0 Å². The van der Waals surface area contributed by atoms with Gasteiger partial charge < -0.3 is 29.4 Å². The maximum atomic E-state index is 11.0. The number of rotatable bonds is 6. The molecule has 25 heavy (non-hydrogen) atoms. The molecule has 4 rings (SSSR count). The lowest BCUT2D eigenvalue weighted by Gasteiger charge is -2.43. The topological polar surface area (TPSA) is 72.4 Å². The first-order valence-electron chi connectivity index (χ1n) is 9.02. The van der Waals surface area contributed by atoms with Crippen molar-refractivity contribution in [1.82, 2.24) is 10.2 Å². The Balaban J connectivity index is 1.45. The smallest absolute Gasteiger partial charge is 0.231 e. The Morgan fingerprint density at radius 1 is 1.20 bits per heavy atom. The summed E-state index contributed by atoms with van der Waals surface area (Å²) in [5, 5.41) is 14.4. The second-order valence-electron chi connectivity index (χ2n) is 6.67. The van der Waals surface area contributed by atoms with Crippen LogP contribution < -0.4 is 14.8 Å². The zero-order valence-electron chi connectivity index (χ0n) is 14.7. The molecule has 138 valence electrons. The fraction of sp³-hybridized carbons (Fsp3) is 0.667. The highest BCUT2D eigenvalue weighted by atomic mass is 16.7. The lowest BCUT2D eigenvalue weighted by atomic mass is 9.94. The van der Waals surface area contributed by atoms with Crippen LogP contribution in [0.3, 0.4) is 0 Å². The Morgan fingerprint density at radius 2 is 2.00 bits per heavy atom. The Labute approximate surface area is 147 Å². The van der Waals surface area contributed by atoms with Crippen LogP contribution in [-0.2, 0) is 16.0 Å². The number of ether oxygens (including phenoxy) is 4. The molecule has 0 spiro atoms. The van der Waals surface area contributed by atoms with Gasteiger partial charge in [-0.15, -0.1) is 0 Å². The van der Waals surface area contributed by atoms with E-state index in [0.717, 1.165) is 30.2 Å². The molecule has 3 heterocycles. The van der Waals surface area contributed by atoms with Crippen LogP contribution in [0.5, 0.6) is 11.5 Å². The average molecular weight is 350 g/mol. The molecule has 1 aromatic carbocycles. The van der Waals surface area contributed by atoms with Crippen molar-refractivity contribution in [2.45, 2.75) is 51.0 Å². The van der Waals surface area contributed by atoms with Crippen molar-refractivity contribution in [2.24, 2.45) is 0 Å². The first-order chi connectivity index (χ1) is 12.2. The number of aliphatic hydroxyl groups is 1. The maximum absolute atomic E-state index is 11.0. The number of benzene rings is 1. The third-order valence-corrected chi connectivity index (χ3v) is 5.34. The van der Waals surface area contributed by atoms with Crippen molar-refractivity contribution in [3.05, 3.63) is 23.8 Å². The molecule has 7 nitrogen and oxygen atoms in total. The molecule has 2 fully saturated rings. The van der Waals surface area contributed by atoms with Gasteiger partial charge in [-0.2, -0.15) is 0 Å². The van der Waals surface area contributed by atoms with Crippen molar-refractivity contribution >= 4 is 0 Å². The minimum atomic E-state index is -0.542. The van der Waals surface area contributed by atoms with Gasteiger partial charge in [0.25, 0.3) is 0 Å². The van der Waals surface area contributed by atoms with E-state index < -0.39 is 6.10 Å². The average Bonchev–Trinajstić information content (AvgIpc) is 3.26. The largest absolute Gasteiger partial charge is 0.454 e. The van der Waals surface area contributed by atoms with Gasteiger partial charge in [0, 0.05) is 6.54 Å². The van der Waals surface area contributed by atoms with Crippen LogP contribution in [0.2, 0.25) is 0 Å². The second-order valence-corrected chi connectivity index (χ2v) is 6.67. The van der Waals surface area contributed by atoms with Crippen LogP contribution in [0.25, 0.3) is 0 Å². The monoisotopic (exact) mass is 350 g/mol. The Kier molecular flexibility index (Phi) is 4.84. The summed E-state index contributed by atoms with van der Waals surface area (Å²) >= 11 is 0. The van der Waals surface area contributed by atoms with E-state index in [1.165, 1.54) is 0 Å². The number of aliphatic hydroxyl groups excluding tert-OH is 1. The molecule has 0 unspecified atom stereocenters. The van der Waals surface area contributed by atoms with Gasteiger partial charge in [0.05, 0.1) is 24.8 Å². The molecule has 0 saturated carbocycles. The van der Waals surface area contributed by atoms with Crippen molar-refractivity contribution in [3.8, 4) is 11.5 Å². The number of hydrogen-bond acceptors (Lipinski definition) is 7. The van der Waals surface area contributed by atoms with Crippen LogP contribution in [0, 0.1) is 0 Å². The van der Waals surface area contributed by atoms with Crippen molar-refractivity contribution in [2.75, 3.05) is 26.5 Å². The SMILES string of the molecule is CCN(CC)[C@@H]1[C@@H]2OC[C@H](O2)[C@@H](NCc2ccc3c(c2)OCO3)[C@@H]1O. The first kappa shape index (κ1) is 17.1. The summed E-state index contributed by atoms with van der Waals surface area (Å²) in [4.78, 5) is 2.20. The molecular weight excluding hydrogens is 324 g/mol. The lowest BCUT2D eigenvalue weighted by molar-refractivity contribution is -0.181. The predicted octanol–water partition coefficient (Wildman–Crippen LogP) is 0.700. The highest BCUT2D eigenvalue weighted by Gasteiger charge is 2.51. The van der Waals surface area contributed by atoms with Gasteiger partial charge >= 0.3 is 0 Å². The van der Waals surface area contributed by atoms with Gasteiger partial charge in [0.1, 0.15) is 6.10 Å². The molecule has 1 aromatic rings. The Hall–Kier alpha value is -1.38. The first-order valence-corrected chi connectivity index (χ1v) is 9.02. The zero-order valence-corrected chi connectivity index (χ0v) is 14.7. The van der Waals surface area contributed by atoms with Gasteiger partial charge in [-0.05, 0) is 30.8 Å². The summed E-state index contributed by atoms with van der Waals surface area (Å²) in [6.07, 6.45) is -1.01. The molecule has 0 radical (unpaired) electrons. The number of fused-ring (bicyclic) bond motifs is 3. The molecule has 0 amide bonds. The van der Waals surface area contributed by atoms with E-state index in [4.69, 9.17) is 18.9 Å². The number of hydrogen-bond donors (Lipinski definition) is 2. The molecule has 7 heteroatoms. The second kappa shape index (κ2) is 7.09. The summed E-state index contributed by atoms with van der Waals surface area (Å²) in [6, 6.07) is 5.58. The minimum Gasteiger partial charge on any atom is -0.454 e. The third-order valence-electron chi connectivity index (χ3n) is 5.34. The van der Waals surface area contributed by atoms with Crippen molar-refractivity contribution in [3.63, 3.8) is 0 Å². The van der Waals surface area contributed by atoms with Crippen molar-refractivity contribution < 1.29 is 24.1 Å². The van der Waals surface area contributed by atoms with E-state index in [0.29, 0.717) is 13.2 Å². The van der Waals surface area contributed by atoms with E-state index >= 15 is 0 Å². The normalized spacial score (nSPS) is 33.2. The molecule has 3 aliphatic rings. The molecule has 0 aliphatic carbocycles. The Morgan fingerprint density at radius 3 is 2.80 bits per heavy atom. The molecule has 2 N–H and O–H groups in total. The molecule has 2 bridgehead atoms. The molecule has 2 saturated heterocycles. The highest BCUT2D eigenvalue weighted by Crippen LogP contribution is 2.34. The summed E-state index contributed by atoms with van der Waals surface area (Å²) < 4.78 is 22.6. The molecule has 5 atom stereocenters. The summed E-state index contributed by atoms with van der Waals surface area (Å²) in [7, 11) is 0. The number of likely N-dealkylation sites (N-methyl/N-ethyl adjacent to an activating group) is 1.